The number of nitrogens with two attached hydrogens (primary N) is 1. The normalized spacial score (nSPS) is 16.9. The SMILES string of the molecule is Cc1cc(C2(c3cc(-c4cncc(C[SH](=O)=O)c4)ccc3F)N=C(N)c3c(F)cccc32)ccn1. The summed E-state index contributed by atoms with van der Waals surface area (Å²) in [6.07, 6.45) is 4.64. The molecule has 0 spiro atoms. The van der Waals surface area contributed by atoms with Gasteiger partial charge in [-0.3, -0.25) is 9.97 Å². The Labute approximate surface area is 202 Å². The number of hydrogen-bond acceptors (Lipinski definition) is 6. The van der Waals surface area contributed by atoms with Gasteiger partial charge in [-0.25, -0.2) is 22.2 Å². The lowest BCUT2D eigenvalue weighted by Gasteiger charge is -2.30. The molecule has 5 rings (SSSR count). The predicted octanol–water partition coefficient (Wildman–Crippen LogP) is 3.85. The number of aromatic nitrogens is 2. The minimum atomic E-state index is -2.63. The van der Waals surface area contributed by atoms with Crippen LogP contribution in [0.4, 0.5) is 8.78 Å². The summed E-state index contributed by atoms with van der Waals surface area (Å²) in [6, 6.07) is 14.2. The van der Waals surface area contributed by atoms with Gasteiger partial charge in [-0.2, -0.15) is 0 Å². The topological polar surface area (TPSA) is 98.3 Å². The minimum Gasteiger partial charge on any atom is -0.383 e. The van der Waals surface area contributed by atoms with E-state index in [1.165, 1.54) is 18.3 Å². The Morgan fingerprint density at radius 2 is 1.77 bits per heavy atom. The number of nitrogens with zero attached hydrogens (tertiary/aromatic N) is 3. The summed E-state index contributed by atoms with van der Waals surface area (Å²) >= 11 is 0. The third-order valence-corrected chi connectivity index (χ3v) is 6.68. The predicted molar refractivity (Wildman–Crippen MR) is 130 cm³/mol. The van der Waals surface area contributed by atoms with Crippen LogP contribution in [0.1, 0.15) is 33.5 Å². The molecule has 0 radical (unpaired) electrons. The maximum absolute atomic E-state index is 15.6. The van der Waals surface area contributed by atoms with Gasteiger partial charge in [-0.05, 0) is 60.0 Å². The number of aliphatic imine (C=N–C) groups is 1. The number of fused-ring (bicyclic) bond motifs is 1. The maximum atomic E-state index is 15.6. The summed E-state index contributed by atoms with van der Waals surface area (Å²) in [7, 11) is -2.63. The van der Waals surface area contributed by atoms with Crippen molar-refractivity contribution in [1.29, 1.82) is 0 Å². The third-order valence-electron chi connectivity index (χ3n) is 6.06. The zero-order chi connectivity index (χ0) is 24.7. The molecule has 0 saturated heterocycles. The van der Waals surface area contributed by atoms with Crippen LogP contribution >= 0.6 is 0 Å². The lowest BCUT2D eigenvalue weighted by atomic mass is 9.76. The fourth-order valence-corrected chi connectivity index (χ4v) is 5.07. The molecule has 0 aliphatic carbocycles. The van der Waals surface area contributed by atoms with Crippen molar-refractivity contribution in [3.8, 4) is 11.1 Å². The summed E-state index contributed by atoms with van der Waals surface area (Å²) < 4.78 is 52.9. The quantitative estimate of drug-likeness (QED) is 0.414. The molecule has 2 N–H and O–H groups in total. The number of aryl methyl sites for hydroxylation is 1. The molecule has 6 nitrogen and oxygen atoms in total. The molecule has 1 unspecified atom stereocenters. The molecule has 3 heterocycles. The van der Waals surface area contributed by atoms with Crippen LogP contribution in [0, 0.1) is 18.6 Å². The minimum absolute atomic E-state index is 0.0275. The molecule has 4 aromatic rings. The van der Waals surface area contributed by atoms with Gasteiger partial charge in [-0.1, -0.05) is 18.2 Å². The Morgan fingerprint density at radius 1 is 0.943 bits per heavy atom. The number of benzene rings is 2. The molecule has 1 aliphatic rings. The van der Waals surface area contributed by atoms with Crippen LogP contribution in [-0.4, -0.2) is 24.2 Å². The van der Waals surface area contributed by atoms with Crippen LogP contribution in [0.25, 0.3) is 11.1 Å². The highest BCUT2D eigenvalue weighted by Gasteiger charge is 2.46. The van der Waals surface area contributed by atoms with E-state index in [0.717, 1.165) is 0 Å². The Bertz CT molecular complexity index is 1580. The molecule has 0 fully saturated rings. The number of pyridine rings is 2. The zero-order valence-electron chi connectivity index (χ0n) is 18.6. The Balaban J connectivity index is 1.79. The van der Waals surface area contributed by atoms with E-state index in [9.17, 15) is 12.8 Å². The van der Waals surface area contributed by atoms with Crippen molar-refractivity contribution in [3.05, 3.63) is 118 Å². The van der Waals surface area contributed by atoms with Gasteiger partial charge in [0.2, 0.25) is 0 Å². The Kier molecular flexibility index (Phi) is 5.64. The van der Waals surface area contributed by atoms with Crippen LogP contribution in [0.5, 0.6) is 0 Å². The lowest BCUT2D eigenvalue weighted by molar-refractivity contribution is 0.557. The summed E-state index contributed by atoms with van der Waals surface area (Å²) in [6.45, 7) is 1.80. The monoisotopic (exact) mass is 490 g/mol. The first-order chi connectivity index (χ1) is 16.8. The Morgan fingerprint density at radius 3 is 2.54 bits per heavy atom. The van der Waals surface area contributed by atoms with E-state index in [1.807, 2.05) is 0 Å². The lowest BCUT2D eigenvalue weighted by Crippen LogP contribution is -2.27. The summed E-state index contributed by atoms with van der Waals surface area (Å²) in [4.78, 5) is 13.1. The van der Waals surface area contributed by atoms with Gasteiger partial charge in [0.25, 0.3) is 0 Å². The highest BCUT2D eigenvalue weighted by atomic mass is 32.2. The van der Waals surface area contributed by atoms with Crippen LogP contribution in [0.15, 0.2) is 78.2 Å². The number of thiol groups is 1. The van der Waals surface area contributed by atoms with Crippen molar-refractivity contribution in [3.63, 3.8) is 0 Å². The van der Waals surface area contributed by atoms with E-state index in [1.54, 1.807) is 61.8 Å². The van der Waals surface area contributed by atoms with Crippen molar-refractivity contribution in [2.75, 3.05) is 0 Å². The van der Waals surface area contributed by atoms with Gasteiger partial charge in [-0.15, -0.1) is 0 Å². The van der Waals surface area contributed by atoms with Gasteiger partial charge in [0, 0.05) is 41.0 Å². The number of rotatable bonds is 5. The smallest absolute Gasteiger partial charge is 0.144 e. The van der Waals surface area contributed by atoms with Gasteiger partial charge in [0.15, 0.2) is 0 Å². The third kappa shape index (κ3) is 3.87. The molecule has 1 aliphatic heterocycles. The van der Waals surface area contributed by atoms with E-state index >= 15 is 4.39 Å². The number of hydrogen-bond donors (Lipinski definition) is 2. The Hall–Kier alpha value is -3.98. The second-order valence-corrected chi connectivity index (χ2v) is 9.30. The first kappa shape index (κ1) is 22.8. The second kappa shape index (κ2) is 8.66. The van der Waals surface area contributed by atoms with Crippen molar-refractivity contribution in [1.82, 2.24) is 9.97 Å². The number of amidine groups is 1. The van der Waals surface area contributed by atoms with E-state index < -0.39 is 27.9 Å². The molecule has 1 atom stereocenters. The average molecular weight is 491 g/mol. The molecular weight excluding hydrogens is 470 g/mol. The van der Waals surface area contributed by atoms with E-state index in [-0.39, 0.29) is 22.7 Å². The summed E-state index contributed by atoms with van der Waals surface area (Å²) in [5.74, 6) is -1.28. The molecule has 0 bridgehead atoms. The molecule has 176 valence electrons. The molecule has 2 aromatic carbocycles. The van der Waals surface area contributed by atoms with Gasteiger partial charge in [0.1, 0.15) is 33.7 Å². The maximum Gasteiger partial charge on any atom is 0.144 e. The summed E-state index contributed by atoms with van der Waals surface area (Å²) in [5.41, 5.74) is 8.48. The zero-order valence-corrected chi connectivity index (χ0v) is 19.5. The largest absolute Gasteiger partial charge is 0.383 e. The standard InChI is InChI=1S/C26H20F2N4O2S/c1-15-9-19(7-8-31-15)26(20-3-2-4-23(28)24(20)25(29)32-26)21-11-17(5-6-22(21)27)18-10-16(12-30-13-18)14-35(33)34/h2-13,35H,14H2,1H3,(H2,29,32). The van der Waals surface area contributed by atoms with Crippen LogP contribution < -0.4 is 5.73 Å². The molecular formula is C26H20F2N4O2S. The van der Waals surface area contributed by atoms with E-state index in [2.05, 4.69) is 15.0 Å². The van der Waals surface area contributed by atoms with Crippen molar-refractivity contribution in [2.24, 2.45) is 10.7 Å². The molecule has 35 heavy (non-hydrogen) atoms. The van der Waals surface area contributed by atoms with Gasteiger partial charge >= 0.3 is 0 Å². The molecule has 9 heteroatoms. The van der Waals surface area contributed by atoms with Crippen molar-refractivity contribution in [2.45, 2.75) is 18.2 Å². The molecule has 0 amide bonds. The first-order valence-electron chi connectivity index (χ1n) is 10.7. The van der Waals surface area contributed by atoms with Gasteiger partial charge < -0.3 is 5.73 Å². The molecule has 0 saturated carbocycles. The first-order valence-corrected chi connectivity index (χ1v) is 12.1. The van der Waals surface area contributed by atoms with E-state index in [4.69, 9.17) is 5.73 Å². The van der Waals surface area contributed by atoms with Crippen LogP contribution in [-0.2, 0) is 22.0 Å². The highest BCUT2D eigenvalue weighted by molar-refractivity contribution is 7.71. The van der Waals surface area contributed by atoms with Crippen molar-refractivity contribution < 1.29 is 17.2 Å². The highest BCUT2D eigenvalue weighted by Crippen LogP contribution is 2.48. The molecule has 2 aromatic heterocycles. The van der Waals surface area contributed by atoms with Crippen molar-refractivity contribution >= 4 is 16.5 Å². The number of halogens is 2. The van der Waals surface area contributed by atoms with Crippen LogP contribution in [0.3, 0.4) is 0 Å². The van der Waals surface area contributed by atoms with Crippen LogP contribution in [0.2, 0.25) is 0 Å². The fourth-order valence-electron chi connectivity index (χ4n) is 4.60. The van der Waals surface area contributed by atoms with E-state index in [0.29, 0.717) is 33.5 Å². The second-order valence-electron chi connectivity index (χ2n) is 8.32. The van der Waals surface area contributed by atoms with Gasteiger partial charge in [0.05, 0.1) is 11.3 Å². The summed E-state index contributed by atoms with van der Waals surface area (Å²) in [5, 5.41) is 0. The average Bonchev–Trinajstić information content (AvgIpc) is 3.13. The fraction of sp³-hybridized carbons (Fsp3) is 0.115.